The monoisotopic (exact) mass is 457 g/mol. The summed E-state index contributed by atoms with van der Waals surface area (Å²) in [5, 5.41) is 0. The number of carbonyl (C=O) groups is 2. The second kappa shape index (κ2) is 8.53. The largest absolute Gasteiger partial charge is 0.497 e. The summed E-state index contributed by atoms with van der Waals surface area (Å²) in [6.07, 6.45) is 1.63. The average molecular weight is 458 g/mol. The van der Waals surface area contributed by atoms with Crippen molar-refractivity contribution in [3.05, 3.63) is 69.3 Å². The predicted octanol–water partition coefficient (Wildman–Crippen LogP) is 4.34. The van der Waals surface area contributed by atoms with Gasteiger partial charge >= 0.3 is 5.97 Å². The highest BCUT2D eigenvalue weighted by Gasteiger charge is 2.38. The molecule has 29 heavy (non-hydrogen) atoms. The van der Waals surface area contributed by atoms with Gasteiger partial charge in [0.15, 0.2) is 0 Å². The molecule has 0 fully saturated rings. The highest BCUT2D eigenvalue weighted by molar-refractivity contribution is 9.10. The molecule has 1 aliphatic rings. The zero-order chi connectivity index (χ0) is 21.1. The van der Waals surface area contributed by atoms with Crippen LogP contribution in [0.1, 0.15) is 12.5 Å². The van der Waals surface area contributed by atoms with Crippen LogP contribution in [0.3, 0.4) is 0 Å². The van der Waals surface area contributed by atoms with Gasteiger partial charge in [-0.25, -0.2) is 4.79 Å². The van der Waals surface area contributed by atoms with Gasteiger partial charge in [0.1, 0.15) is 11.5 Å². The molecule has 0 unspecified atom stereocenters. The molecule has 7 heteroatoms. The van der Waals surface area contributed by atoms with Crippen molar-refractivity contribution in [1.29, 1.82) is 0 Å². The van der Waals surface area contributed by atoms with Gasteiger partial charge in [-0.1, -0.05) is 15.9 Å². The Hall–Kier alpha value is -3.06. The summed E-state index contributed by atoms with van der Waals surface area (Å²) in [5.74, 6) is 0.254. The third kappa shape index (κ3) is 3.91. The second-order valence-electron chi connectivity index (χ2n) is 6.23. The summed E-state index contributed by atoms with van der Waals surface area (Å²) < 4.78 is 16.5. The SMILES string of the molecule is COC(=O)C1=C(C)N(c2ccc(Br)cc2)C(=O)/C1=C\c1ccc(OC)cc1OC. The molecule has 0 saturated carbocycles. The quantitative estimate of drug-likeness (QED) is 0.493. The molecule has 0 saturated heterocycles. The number of anilines is 1. The maximum atomic E-state index is 13.3. The average Bonchev–Trinajstić information content (AvgIpc) is 2.98. The number of nitrogens with zero attached hydrogens (tertiary/aromatic N) is 1. The van der Waals surface area contributed by atoms with Crippen molar-refractivity contribution < 1.29 is 23.8 Å². The van der Waals surface area contributed by atoms with Gasteiger partial charge in [0.2, 0.25) is 0 Å². The third-order valence-corrected chi connectivity index (χ3v) is 5.14. The summed E-state index contributed by atoms with van der Waals surface area (Å²) in [4.78, 5) is 27.3. The number of hydrogen-bond donors (Lipinski definition) is 0. The highest BCUT2D eigenvalue weighted by Crippen LogP contribution is 2.37. The van der Waals surface area contributed by atoms with E-state index < -0.39 is 5.97 Å². The fourth-order valence-corrected chi connectivity index (χ4v) is 3.44. The Labute approximate surface area is 177 Å². The van der Waals surface area contributed by atoms with Gasteiger partial charge in [0.25, 0.3) is 5.91 Å². The molecular formula is C22H20BrNO5. The number of carbonyl (C=O) groups excluding carboxylic acids is 2. The van der Waals surface area contributed by atoms with Crippen LogP contribution in [-0.2, 0) is 14.3 Å². The minimum absolute atomic E-state index is 0.221. The maximum Gasteiger partial charge on any atom is 0.340 e. The smallest absolute Gasteiger partial charge is 0.340 e. The van der Waals surface area contributed by atoms with E-state index in [0.29, 0.717) is 28.4 Å². The Kier molecular flexibility index (Phi) is 6.08. The zero-order valence-electron chi connectivity index (χ0n) is 16.5. The maximum absolute atomic E-state index is 13.3. The summed E-state index contributed by atoms with van der Waals surface area (Å²) in [6, 6.07) is 12.5. The minimum Gasteiger partial charge on any atom is -0.497 e. The number of rotatable bonds is 5. The van der Waals surface area contributed by atoms with Crippen molar-refractivity contribution >= 4 is 39.6 Å². The van der Waals surface area contributed by atoms with Crippen molar-refractivity contribution in [2.45, 2.75) is 6.92 Å². The van der Waals surface area contributed by atoms with Gasteiger partial charge in [-0.3, -0.25) is 9.69 Å². The number of hydrogen-bond acceptors (Lipinski definition) is 5. The summed E-state index contributed by atoms with van der Waals surface area (Å²) in [5.41, 5.74) is 2.26. The van der Waals surface area contributed by atoms with Crippen LogP contribution in [0.2, 0.25) is 0 Å². The first-order valence-corrected chi connectivity index (χ1v) is 9.53. The van der Waals surface area contributed by atoms with E-state index in [4.69, 9.17) is 14.2 Å². The van der Waals surface area contributed by atoms with Gasteiger partial charge in [-0.05, 0) is 49.4 Å². The van der Waals surface area contributed by atoms with Gasteiger partial charge < -0.3 is 14.2 Å². The number of benzene rings is 2. The number of ether oxygens (including phenoxy) is 3. The summed E-state index contributed by atoms with van der Waals surface area (Å²) in [6.45, 7) is 1.72. The standard InChI is InChI=1S/C22H20BrNO5/c1-13-20(22(26)29-4)18(11-14-5-10-17(27-2)12-19(14)28-3)21(25)24(13)16-8-6-15(23)7-9-16/h5-12H,1-4H3/b18-11-. The molecule has 150 valence electrons. The topological polar surface area (TPSA) is 65.1 Å². The van der Waals surface area contributed by atoms with Gasteiger partial charge in [0, 0.05) is 27.5 Å². The van der Waals surface area contributed by atoms with Crippen LogP contribution in [0, 0.1) is 0 Å². The second-order valence-corrected chi connectivity index (χ2v) is 7.15. The molecule has 2 aromatic rings. The Morgan fingerprint density at radius 2 is 1.72 bits per heavy atom. The van der Waals surface area contributed by atoms with E-state index in [-0.39, 0.29) is 17.1 Å². The van der Waals surface area contributed by atoms with Gasteiger partial charge in [0.05, 0.1) is 32.5 Å². The molecule has 1 heterocycles. The Balaban J connectivity index is 2.15. The van der Waals surface area contributed by atoms with Crippen LogP contribution in [-0.4, -0.2) is 33.2 Å². The summed E-state index contributed by atoms with van der Waals surface area (Å²) in [7, 11) is 4.38. The third-order valence-electron chi connectivity index (χ3n) is 4.61. The molecular weight excluding hydrogens is 438 g/mol. The molecule has 3 rings (SSSR count). The molecule has 0 atom stereocenters. The van der Waals surface area contributed by atoms with Crippen molar-refractivity contribution in [2.75, 3.05) is 26.2 Å². The Morgan fingerprint density at radius 3 is 2.31 bits per heavy atom. The lowest BCUT2D eigenvalue weighted by Gasteiger charge is -2.18. The van der Waals surface area contributed by atoms with E-state index in [1.54, 1.807) is 50.4 Å². The first kappa shape index (κ1) is 20.7. The molecule has 1 amide bonds. The Bertz CT molecular complexity index is 1020. The number of allylic oxidation sites excluding steroid dienone is 1. The van der Waals surface area contributed by atoms with E-state index >= 15 is 0 Å². The highest BCUT2D eigenvalue weighted by atomic mass is 79.9. The molecule has 0 bridgehead atoms. The fraction of sp³-hybridized carbons (Fsp3) is 0.182. The number of amides is 1. The minimum atomic E-state index is -0.575. The van der Waals surface area contributed by atoms with Crippen LogP contribution in [0.15, 0.2) is 63.8 Å². The first-order chi connectivity index (χ1) is 13.9. The van der Waals surface area contributed by atoms with Crippen LogP contribution in [0.5, 0.6) is 11.5 Å². The van der Waals surface area contributed by atoms with Crippen LogP contribution < -0.4 is 14.4 Å². The Morgan fingerprint density at radius 1 is 1.03 bits per heavy atom. The molecule has 6 nitrogen and oxygen atoms in total. The van der Waals surface area contributed by atoms with E-state index in [9.17, 15) is 9.59 Å². The molecule has 0 N–H and O–H groups in total. The number of esters is 1. The van der Waals surface area contributed by atoms with Crippen LogP contribution in [0.25, 0.3) is 6.08 Å². The first-order valence-electron chi connectivity index (χ1n) is 8.74. The fourth-order valence-electron chi connectivity index (χ4n) is 3.17. The predicted molar refractivity (Wildman–Crippen MR) is 114 cm³/mol. The molecule has 0 aliphatic carbocycles. The van der Waals surface area contributed by atoms with Crippen molar-refractivity contribution in [3.8, 4) is 11.5 Å². The molecule has 0 radical (unpaired) electrons. The lowest BCUT2D eigenvalue weighted by Crippen LogP contribution is -2.24. The molecule has 1 aliphatic heterocycles. The molecule has 0 aromatic heterocycles. The zero-order valence-corrected chi connectivity index (χ0v) is 18.1. The van der Waals surface area contributed by atoms with E-state index in [1.165, 1.54) is 19.1 Å². The lowest BCUT2D eigenvalue weighted by atomic mass is 10.0. The van der Waals surface area contributed by atoms with Gasteiger partial charge in [-0.15, -0.1) is 0 Å². The number of methoxy groups -OCH3 is 3. The van der Waals surface area contributed by atoms with Gasteiger partial charge in [-0.2, -0.15) is 0 Å². The van der Waals surface area contributed by atoms with Crippen LogP contribution in [0.4, 0.5) is 5.69 Å². The summed E-state index contributed by atoms with van der Waals surface area (Å²) >= 11 is 3.39. The van der Waals surface area contributed by atoms with Crippen molar-refractivity contribution in [1.82, 2.24) is 0 Å². The lowest BCUT2D eigenvalue weighted by molar-refractivity contribution is -0.136. The van der Waals surface area contributed by atoms with E-state index in [1.807, 2.05) is 12.1 Å². The van der Waals surface area contributed by atoms with Crippen LogP contribution >= 0.6 is 15.9 Å². The number of halogens is 1. The van der Waals surface area contributed by atoms with E-state index in [0.717, 1.165) is 4.47 Å². The van der Waals surface area contributed by atoms with Crippen molar-refractivity contribution in [2.24, 2.45) is 0 Å². The molecule has 0 spiro atoms. The van der Waals surface area contributed by atoms with E-state index in [2.05, 4.69) is 15.9 Å². The van der Waals surface area contributed by atoms with Crippen molar-refractivity contribution in [3.63, 3.8) is 0 Å². The molecule has 2 aromatic carbocycles. The normalized spacial score (nSPS) is 15.1.